The first-order valence-corrected chi connectivity index (χ1v) is 6.07. The van der Waals surface area contributed by atoms with Crippen molar-refractivity contribution in [3.05, 3.63) is 24.0 Å². The number of hydrogen-bond acceptors (Lipinski definition) is 4. The zero-order valence-corrected chi connectivity index (χ0v) is 10.1. The van der Waals surface area contributed by atoms with E-state index in [1.165, 1.54) is 6.20 Å². The standard InChI is InChI=1S/C13H18N2O2/c1-9-2-4-10(5-3-9)17-13(16)11-6-7-15-8-12(11)14/h6-10H,2-5,14H2,1H3. The molecule has 0 aromatic carbocycles. The molecule has 92 valence electrons. The van der Waals surface area contributed by atoms with Crippen LogP contribution in [0.4, 0.5) is 5.69 Å². The molecule has 4 heteroatoms. The summed E-state index contributed by atoms with van der Waals surface area (Å²) in [5.41, 5.74) is 6.48. The van der Waals surface area contributed by atoms with Crippen molar-refractivity contribution in [3.63, 3.8) is 0 Å². The molecule has 1 aromatic rings. The van der Waals surface area contributed by atoms with Gasteiger partial charge < -0.3 is 10.5 Å². The lowest BCUT2D eigenvalue weighted by Gasteiger charge is -2.26. The quantitative estimate of drug-likeness (QED) is 0.798. The molecule has 4 nitrogen and oxygen atoms in total. The molecule has 0 amide bonds. The van der Waals surface area contributed by atoms with Gasteiger partial charge in [0.15, 0.2) is 0 Å². The Hall–Kier alpha value is -1.58. The van der Waals surface area contributed by atoms with Gasteiger partial charge in [-0.2, -0.15) is 0 Å². The molecule has 1 aliphatic carbocycles. The number of nitrogens with two attached hydrogens (primary N) is 1. The molecular weight excluding hydrogens is 216 g/mol. The maximum absolute atomic E-state index is 11.9. The Morgan fingerprint density at radius 2 is 2.12 bits per heavy atom. The normalized spacial score (nSPS) is 24.3. The number of ether oxygens (including phenoxy) is 1. The summed E-state index contributed by atoms with van der Waals surface area (Å²) in [6.07, 6.45) is 7.24. The fraction of sp³-hybridized carbons (Fsp3) is 0.538. The van der Waals surface area contributed by atoms with Crippen molar-refractivity contribution in [1.82, 2.24) is 4.98 Å². The third-order valence-corrected chi connectivity index (χ3v) is 3.31. The second-order valence-electron chi connectivity index (χ2n) is 4.75. The summed E-state index contributed by atoms with van der Waals surface area (Å²) >= 11 is 0. The number of nitrogens with zero attached hydrogens (tertiary/aromatic N) is 1. The van der Waals surface area contributed by atoms with Crippen molar-refractivity contribution in [2.75, 3.05) is 5.73 Å². The molecule has 1 aromatic heterocycles. The van der Waals surface area contributed by atoms with E-state index >= 15 is 0 Å². The van der Waals surface area contributed by atoms with Gasteiger partial charge in [-0.15, -0.1) is 0 Å². The molecule has 1 fully saturated rings. The van der Waals surface area contributed by atoms with Crippen LogP contribution in [0.3, 0.4) is 0 Å². The minimum Gasteiger partial charge on any atom is -0.459 e. The summed E-state index contributed by atoms with van der Waals surface area (Å²) in [7, 11) is 0. The average molecular weight is 234 g/mol. The summed E-state index contributed by atoms with van der Waals surface area (Å²) in [5.74, 6) is 0.417. The fourth-order valence-electron chi connectivity index (χ4n) is 2.15. The number of carbonyl (C=O) groups excluding carboxylic acids is 1. The van der Waals surface area contributed by atoms with Crippen molar-refractivity contribution in [3.8, 4) is 0 Å². The topological polar surface area (TPSA) is 65.2 Å². The largest absolute Gasteiger partial charge is 0.459 e. The van der Waals surface area contributed by atoms with E-state index in [2.05, 4.69) is 11.9 Å². The predicted molar refractivity (Wildman–Crippen MR) is 65.5 cm³/mol. The Bertz CT molecular complexity index is 398. The zero-order valence-electron chi connectivity index (χ0n) is 10.1. The Balaban J connectivity index is 1.96. The van der Waals surface area contributed by atoms with Gasteiger partial charge in [-0.1, -0.05) is 6.92 Å². The van der Waals surface area contributed by atoms with Crippen molar-refractivity contribution in [2.24, 2.45) is 5.92 Å². The van der Waals surface area contributed by atoms with E-state index in [9.17, 15) is 4.79 Å². The highest BCUT2D eigenvalue weighted by Crippen LogP contribution is 2.26. The molecule has 2 N–H and O–H groups in total. The molecule has 0 bridgehead atoms. The molecule has 2 rings (SSSR count). The predicted octanol–water partition coefficient (Wildman–Crippen LogP) is 2.40. The molecule has 0 spiro atoms. The van der Waals surface area contributed by atoms with Gasteiger partial charge in [0.25, 0.3) is 0 Å². The Labute approximate surface area is 101 Å². The highest BCUT2D eigenvalue weighted by atomic mass is 16.5. The SMILES string of the molecule is CC1CCC(OC(=O)c2ccncc2N)CC1. The van der Waals surface area contributed by atoms with E-state index in [-0.39, 0.29) is 12.1 Å². The molecular formula is C13H18N2O2. The number of anilines is 1. The lowest BCUT2D eigenvalue weighted by Crippen LogP contribution is -2.24. The summed E-state index contributed by atoms with van der Waals surface area (Å²) in [6, 6.07) is 1.60. The third kappa shape index (κ3) is 2.96. The highest BCUT2D eigenvalue weighted by molar-refractivity contribution is 5.94. The lowest BCUT2D eigenvalue weighted by molar-refractivity contribution is 0.0175. The van der Waals surface area contributed by atoms with Crippen molar-refractivity contribution < 1.29 is 9.53 Å². The van der Waals surface area contributed by atoms with Crippen LogP contribution < -0.4 is 5.73 Å². The van der Waals surface area contributed by atoms with E-state index < -0.39 is 0 Å². The minimum absolute atomic E-state index is 0.0475. The van der Waals surface area contributed by atoms with Crippen LogP contribution in [-0.2, 0) is 4.74 Å². The van der Waals surface area contributed by atoms with Crippen LogP contribution in [0.15, 0.2) is 18.5 Å². The van der Waals surface area contributed by atoms with Crippen LogP contribution in [0.25, 0.3) is 0 Å². The molecule has 1 saturated carbocycles. The van der Waals surface area contributed by atoms with Gasteiger partial charge >= 0.3 is 5.97 Å². The maximum Gasteiger partial charge on any atom is 0.340 e. The molecule has 0 atom stereocenters. The van der Waals surface area contributed by atoms with Crippen LogP contribution in [-0.4, -0.2) is 17.1 Å². The second-order valence-corrected chi connectivity index (χ2v) is 4.75. The van der Waals surface area contributed by atoms with E-state index in [0.717, 1.165) is 31.6 Å². The minimum atomic E-state index is -0.329. The number of carbonyl (C=O) groups is 1. The van der Waals surface area contributed by atoms with Crippen molar-refractivity contribution >= 4 is 11.7 Å². The van der Waals surface area contributed by atoms with Crippen LogP contribution in [0.1, 0.15) is 43.0 Å². The van der Waals surface area contributed by atoms with E-state index in [4.69, 9.17) is 10.5 Å². The van der Waals surface area contributed by atoms with Gasteiger partial charge in [0.05, 0.1) is 17.4 Å². The molecule has 1 heterocycles. The Kier molecular flexibility index (Phi) is 3.61. The number of nitrogen functional groups attached to an aromatic ring is 1. The second kappa shape index (κ2) is 5.17. The van der Waals surface area contributed by atoms with Crippen molar-refractivity contribution in [1.29, 1.82) is 0 Å². The van der Waals surface area contributed by atoms with Crippen LogP contribution in [0.5, 0.6) is 0 Å². The zero-order chi connectivity index (χ0) is 12.3. The van der Waals surface area contributed by atoms with Crippen molar-refractivity contribution in [2.45, 2.75) is 38.7 Å². The monoisotopic (exact) mass is 234 g/mol. The summed E-state index contributed by atoms with van der Waals surface area (Å²) in [4.78, 5) is 15.7. The van der Waals surface area contributed by atoms with Gasteiger partial charge in [0.1, 0.15) is 6.10 Å². The molecule has 0 aliphatic heterocycles. The third-order valence-electron chi connectivity index (χ3n) is 3.31. The molecule has 0 unspecified atom stereocenters. The van der Waals surface area contributed by atoms with E-state index in [0.29, 0.717) is 11.3 Å². The number of esters is 1. The Morgan fingerprint density at radius 3 is 2.76 bits per heavy atom. The molecule has 1 aliphatic rings. The average Bonchev–Trinajstić information content (AvgIpc) is 2.32. The fourth-order valence-corrected chi connectivity index (χ4v) is 2.15. The number of rotatable bonds is 2. The summed E-state index contributed by atoms with van der Waals surface area (Å²) < 4.78 is 5.46. The first-order valence-electron chi connectivity index (χ1n) is 6.07. The maximum atomic E-state index is 11.9. The molecule has 17 heavy (non-hydrogen) atoms. The van der Waals surface area contributed by atoms with Gasteiger partial charge in [0, 0.05) is 6.20 Å². The summed E-state index contributed by atoms with van der Waals surface area (Å²) in [5, 5.41) is 0. The number of pyridine rings is 1. The van der Waals surface area contributed by atoms with Gasteiger partial charge in [-0.3, -0.25) is 4.98 Å². The molecule has 0 radical (unpaired) electrons. The highest BCUT2D eigenvalue weighted by Gasteiger charge is 2.22. The van der Waals surface area contributed by atoms with Crippen LogP contribution in [0, 0.1) is 5.92 Å². The number of hydrogen-bond donors (Lipinski definition) is 1. The van der Waals surface area contributed by atoms with Gasteiger partial charge in [0.2, 0.25) is 0 Å². The van der Waals surface area contributed by atoms with Crippen LogP contribution >= 0.6 is 0 Å². The smallest absolute Gasteiger partial charge is 0.340 e. The Morgan fingerprint density at radius 1 is 1.41 bits per heavy atom. The van der Waals surface area contributed by atoms with E-state index in [1.54, 1.807) is 12.3 Å². The van der Waals surface area contributed by atoms with Gasteiger partial charge in [-0.25, -0.2) is 4.79 Å². The summed E-state index contributed by atoms with van der Waals surface area (Å²) in [6.45, 7) is 2.24. The molecule has 0 saturated heterocycles. The van der Waals surface area contributed by atoms with Crippen LogP contribution in [0.2, 0.25) is 0 Å². The number of aromatic nitrogens is 1. The first kappa shape index (κ1) is 11.9. The van der Waals surface area contributed by atoms with Gasteiger partial charge in [-0.05, 0) is 37.7 Å². The lowest BCUT2D eigenvalue weighted by atomic mass is 9.89. The van der Waals surface area contributed by atoms with E-state index in [1.807, 2.05) is 0 Å². The first-order chi connectivity index (χ1) is 8.16.